The molecule has 0 atom stereocenters. The minimum Gasteiger partial charge on any atom is -0.383 e. The molecule has 2 N–H and O–H groups in total. The zero-order valence-electron chi connectivity index (χ0n) is 10.5. The van der Waals surface area contributed by atoms with Crippen LogP contribution in [-0.4, -0.2) is 9.55 Å². The highest BCUT2D eigenvalue weighted by Crippen LogP contribution is 2.19. The van der Waals surface area contributed by atoms with Crippen molar-refractivity contribution in [2.75, 3.05) is 5.73 Å². The van der Waals surface area contributed by atoms with Gasteiger partial charge in [-0.1, -0.05) is 24.3 Å². The second-order valence-electron chi connectivity index (χ2n) is 4.28. The normalized spacial score (nSPS) is 13.1. The number of aromatic nitrogens is 2. The van der Waals surface area contributed by atoms with Crippen molar-refractivity contribution in [2.45, 2.75) is 6.54 Å². The summed E-state index contributed by atoms with van der Waals surface area (Å²) in [6.45, 7) is 0.442. The Morgan fingerprint density at radius 1 is 1.15 bits per heavy atom. The van der Waals surface area contributed by atoms with Gasteiger partial charge in [0.05, 0.1) is 12.7 Å². The highest BCUT2D eigenvalue weighted by molar-refractivity contribution is 5.64. The number of nitrogens with zero attached hydrogens (tertiary/aromatic N) is 5. The van der Waals surface area contributed by atoms with Crippen LogP contribution >= 0.6 is 0 Å². The van der Waals surface area contributed by atoms with Crippen molar-refractivity contribution >= 4 is 11.5 Å². The summed E-state index contributed by atoms with van der Waals surface area (Å²) in [6, 6.07) is 9.27. The summed E-state index contributed by atoms with van der Waals surface area (Å²) in [4.78, 5) is 15.3. The molecule has 0 saturated heterocycles. The smallest absolute Gasteiger partial charge is 0.349 e. The van der Waals surface area contributed by atoms with Crippen molar-refractivity contribution in [3.05, 3.63) is 64.3 Å². The van der Waals surface area contributed by atoms with Gasteiger partial charge < -0.3 is 5.73 Å². The fourth-order valence-corrected chi connectivity index (χ4v) is 1.85. The number of rotatable bonds is 3. The van der Waals surface area contributed by atoms with Gasteiger partial charge in [0.25, 0.3) is 0 Å². The molecule has 1 aliphatic rings. The zero-order valence-corrected chi connectivity index (χ0v) is 10.5. The van der Waals surface area contributed by atoms with Crippen molar-refractivity contribution in [3.63, 3.8) is 0 Å². The van der Waals surface area contributed by atoms with Gasteiger partial charge in [0.15, 0.2) is 0 Å². The van der Waals surface area contributed by atoms with E-state index in [0.717, 1.165) is 16.8 Å². The summed E-state index contributed by atoms with van der Waals surface area (Å²) in [5.74, 6) is 0.226. The first-order valence-electron chi connectivity index (χ1n) is 5.96. The summed E-state index contributed by atoms with van der Waals surface area (Å²) < 4.78 is 1.50. The third kappa shape index (κ3) is 2.41. The number of anilines is 1. The molecule has 0 bridgehead atoms. The van der Waals surface area contributed by atoms with Gasteiger partial charge in [-0.2, -0.15) is 4.98 Å². The first kappa shape index (κ1) is 12.1. The Hall–Kier alpha value is -2.96. The Morgan fingerprint density at radius 2 is 1.95 bits per heavy atom. The average molecular weight is 267 g/mol. The molecule has 1 aromatic carbocycles. The van der Waals surface area contributed by atoms with E-state index in [1.165, 1.54) is 4.57 Å². The van der Waals surface area contributed by atoms with E-state index in [2.05, 4.69) is 20.7 Å². The second-order valence-corrected chi connectivity index (χ2v) is 4.28. The lowest BCUT2D eigenvalue weighted by Crippen LogP contribution is -2.23. The molecular weight excluding hydrogens is 256 g/mol. The lowest BCUT2D eigenvalue weighted by atomic mass is 10.1. The lowest BCUT2D eigenvalue weighted by molar-refractivity contribution is 0.729. The molecule has 0 saturated carbocycles. The number of hydrogen-bond acceptors (Lipinski definition) is 5. The third-order valence-electron chi connectivity index (χ3n) is 2.88. The number of benzene rings is 1. The number of nitrogen functional groups attached to an aromatic ring is 1. The van der Waals surface area contributed by atoms with E-state index in [9.17, 15) is 4.79 Å². The van der Waals surface area contributed by atoms with Crippen LogP contribution in [0.15, 0.2) is 57.9 Å². The van der Waals surface area contributed by atoms with Crippen LogP contribution in [0.5, 0.6) is 0 Å². The van der Waals surface area contributed by atoms with E-state index in [1.54, 1.807) is 18.5 Å². The second kappa shape index (κ2) is 4.96. The number of nitrogens with two attached hydrogens (primary N) is 1. The fraction of sp³-hybridized carbons (Fsp3) is 0.0769. The molecule has 1 aliphatic heterocycles. The Kier molecular flexibility index (Phi) is 3.00. The maximum Gasteiger partial charge on any atom is 0.349 e. The molecule has 1 aromatic heterocycles. The van der Waals surface area contributed by atoms with Crippen LogP contribution in [0, 0.1) is 0 Å². The van der Waals surface area contributed by atoms with Crippen LogP contribution in [0.4, 0.5) is 5.82 Å². The Morgan fingerprint density at radius 3 is 2.60 bits per heavy atom. The minimum atomic E-state index is -0.361. The van der Waals surface area contributed by atoms with E-state index in [1.807, 2.05) is 24.3 Å². The molecule has 0 fully saturated rings. The highest BCUT2D eigenvalue weighted by Gasteiger charge is 2.06. The quantitative estimate of drug-likeness (QED) is 0.902. The van der Waals surface area contributed by atoms with Crippen LogP contribution in [0.2, 0.25) is 0 Å². The summed E-state index contributed by atoms with van der Waals surface area (Å²) in [5, 5.41) is 7.43. The minimum absolute atomic E-state index is 0.226. The summed E-state index contributed by atoms with van der Waals surface area (Å²) >= 11 is 0. The van der Waals surface area contributed by atoms with Crippen molar-refractivity contribution in [2.24, 2.45) is 10.3 Å². The van der Waals surface area contributed by atoms with Crippen molar-refractivity contribution in [1.29, 1.82) is 0 Å². The molecule has 2 heterocycles. The molecule has 0 amide bonds. The summed E-state index contributed by atoms with van der Waals surface area (Å²) in [5.41, 5.74) is 11.4. The summed E-state index contributed by atoms with van der Waals surface area (Å²) in [7, 11) is 0. The molecule has 1 radical (unpaired) electrons. The van der Waals surface area contributed by atoms with Crippen molar-refractivity contribution in [3.8, 4) is 0 Å². The molecule has 0 unspecified atom stereocenters. The number of hydrogen-bond donors (Lipinski definition) is 1. The molecule has 7 heteroatoms. The zero-order chi connectivity index (χ0) is 13.9. The fourth-order valence-electron chi connectivity index (χ4n) is 1.85. The molecule has 0 aliphatic carbocycles. The Balaban J connectivity index is 1.81. The van der Waals surface area contributed by atoms with Gasteiger partial charge in [-0.3, -0.25) is 4.57 Å². The van der Waals surface area contributed by atoms with E-state index < -0.39 is 0 Å². The van der Waals surface area contributed by atoms with E-state index in [-0.39, 0.29) is 11.5 Å². The molecular formula is C13H11N6O. The first-order valence-corrected chi connectivity index (χ1v) is 5.96. The average Bonchev–Trinajstić information content (AvgIpc) is 2.97. The predicted octanol–water partition coefficient (Wildman–Crippen LogP) is 1.16. The molecule has 20 heavy (non-hydrogen) atoms. The lowest BCUT2D eigenvalue weighted by Gasteiger charge is -2.06. The maximum absolute atomic E-state index is 11.6. The Bertz CT molecular complexity index is 744. The van der Waals surface area contributed by atoms with Gasteiger partial charge in [0, 0.05) is 11.8 Å². The first-order chi connectivity index (χ1) is 9.72. The van der Waals surface area contributed by atoms with E-state index in [4.69, 9.17) is 5.73 Å². The standard InChI is InChI=1S/C13H11N6O/c14-12-5-6-19(13(20)16-12)8-9-1-3-10(4-2-9)11-7-15-18-17-11/h1-7H,8H2,(H2,14,16,20). The van der Waals surface area contributed by atoms with Gasteiger partial charge in [-0.05, 0) is 16.9 Å². The third-order valence-corrected chi connectivity index (χ3v) is 2.88. The van der Waals surface area contributed by atoms with Gasteiger partial charge >= 0.3 is 5.69 Å². The van der Waals surface area contributed by atoms with Crippen LogP contribution < -0.4 is 16.8 Å². The van der Waals surface area contributed by atoms with Crippen LogP contribution in [0.25, 0.3) is 5.70 Å². The molecule has 2 aromatic rings. The van der Waals surface area contributed by atoms with E-state index in [0.29, 0.717) is 6.54 Å². The summed E-state index contributed by atoms with van der Waals surface area (Å²) in [6.07, 6.45) is 3.23. The molecule has 7 nitrogen and oxygen atoms in total. The monoisotopic (exact) mass is 267 g/mol. The van der Waals surface area contributed by atoms with Gasteiger partial charge in [-0.15, -0.1) is 10.5 Å². The maximum atomic E-state index is 11.6. The molecule has 0 spiro atoms. The van der Waals surface area contributed by atoms with Crippen LogP contribution in [0.1, 0.15) is 11.1 Å². The largest absolute Gasteiger partial charge is 0.383 e. The van der Waals surface area contributed by atoms with Crippen molar-refractivity contribution < 1.29 is 0 Å². The van der Waals surface area contributed by atoms with Gasteiger partial charge in [0.1, 0.15) is 11.5 Å². The van der Waals surface area contributed by atoms with E-state index >= 15 is 0 Å². The van der Waals surface area contributed by atoms with Crippen molar-refractivity contribution in [1.82, 2.24) is 15.0 Å². The highest BCUT2D eigenvalue weighted by atomic mass is 16.1. The van der Waals surface area contributed by atoms with Crippen LogP contribution in [-0.2, 0) is 6.54 Å². The van der Waals surface area contributed by atoms with Crippen LogP contribution in [0.3, 0.4) is 0 Å². The molecule has 99 valence electrons. The van der Waals surface area contributed by atoms with Gasteiger partial charge in [0.2, 0.25) is 0 Å². The Labute approximate surface area is 114 Å². The molecule has 3 rings (SSSR count). The SMILES string of the molecule is Nc1ccn(Cc2ccc(C3=C[N]N=N3)cc2)c(=O)n1. The topological polar surface area (TPSA) is 99.7 Å². The van der Waals surface area contributed by atoms with Gasteiger partial charge in [-0.25, -0.2) is 4.79 Å². The predicted molar refractivity (Wildman–Crippen MR) is 73.4 cm³/mol.